The standard InChI is InChI=1S/C34H44N2/c1-3-5-7-9-11-13-29-19-23-33(24-20-29)35-27-31-15-17-32(18-16-31)28-36-34-25-21-30(22-26-34)14-12-10-8-6-4-2/h15-28H,3-14H2,1-2H3. The molecule has 3 aromatic rings. The molecule has 36 heavy (non-hydrogen) atoms. The Morgan fingerprint density at radius 3 is 1.17 bits per heavy atom. The molecule has 0 aliphatic carbocycles. The van der Waals surface area contributed by atoms with Gasteiger partial charge in [-0.15, -0.1) is 0 Å². The lowest BCUT2D eigenvalue weighted by Crippen LogP contribution is -1.86. The van der Waals surface area contributed by atoms with Crippen LogP contribution in [0.25, 0.3) is 0 Å². The summed E-state index contributed by atoms with van der Waals surface area (Å²) in [6, 6.07) is 25.7. The van der Waals surface area contributed by atoms with Crippen LogP contribution < -0.4 is 0 Å². The van der Waals surface area contributed by atoms with Gasteiger partial charge >= 0.3 is 0 Å². The second-order valence-corrected chi connectivity index (χ2v) is 9.84. The number of hydrogen-bond donors (Lipinski definition) is 0. The summed E-state index contributed by atoms with van der Waals surface area (Å²) in [6.45, 7) is 4.53. The van der Waals surface area contributed by atoms with Crippen molar-refractivity contribution in [2.45, 2.75) is 90.9 Å². The Morgan fingerprint density at radius 2 is 0.806 bits per heavy atom. The maximum Gasteiger partial charge on any atom is 0.0630 e. The zero-order chi connectivity index (χ0) is 25.3. The molecular formula is C34H44N2. The lowest BCUT2D eigenvalue weighted by molar-refractivity contribution is 0.632. The van der Waals surface area contributed by atoms with Gasteiger partial charge in [0.25, 0.3) is 0 Å². The fourth-order valence-corrected chi connectivity index (χ4v) is 4.33. The van der Waals surface area contributed by atoms with Crippen molar-refractivity contribution in [2.75, 3.05) is 0 Å². The van der Waals surface area contributed by atoms with Crippen molar-refractivity contribution in [2.24, 2.45) is 9.98 Å². The molecule has 0 N–H and O–H groups in total. The molecular weight excluding hydrogens is 436 g/mol. The summed E-state index contributed by atoms with van der Waals surface area (Å²) in [5.41, 5.74) is 7.00. The normalized spacial score (nSPS) is 11.6. The van der Waals surface area contributed by atoms with Gasteiger partial charge in [-0.25, -0.2) is 0 Å². The van der Waals surface area contributed by atoms with Gasteiger partial charge in [0.1, 0.15) is 0 Å². The maximum absolute atomic E-state index is 4.65. The Labute approximate surface area is 219 Å². The minimum Gasteiger partial charge on any atom is -0.256 e. The fourth-order valence-electron chi connectivity index (χ4n) is 4.33. The summed E-state index contributed by atoms with van der Waals surface area (Å²) in [5, 5.41) is 0. The fraction of sp³-hybridized carbons (Fsp3) is 0.412. The first-order valence-corrected chi connectivity index (χ1v) is 14.1. The second-order valence-electron chi connectivity index (χ2n) is 9.84. The molecule has 0 amide bonds. The molecule has 0 heterocycles. The van der Waals surface area contributed by atoms with Crippen molar-refractivity contribution in [3.63, 3.8) is 0 Å². The molecule has 0 atom stereocenters. The van der Waals surface area contributed by atoms with Gasteiger partial charge in [0.2, 0.25) is 0 Å². The van der Waals surface area contributed by atoms with Crippen LogP contribution in [0.4, 0.5) is 11.4 Å². The first-order chi connectivity index (χ1) is 17.8. The number of unbranched alkanes of at least 4 members (excludes halogenated alkanes) is 8. The molecule has 0 bridgehead atoms. The van der Waals surface area contributed by atoms with Crippen LogP contribution in [0.1, 0.15) is 100 Å². The first kappa shape index (κ1) is 27.6. The van der Waals surface area contributed by atoms with E-state index in [0.717, 1.165) is 22.5 Å². The van der Waals surface area contributed by atoms with Crippen LogP contribution in [0, 0.1) is 0 Å². The van der Waals surface area contributed by atoms with E-state index in [-0.39, 0.29) is 0 Å². The molecule has 0 saturated heterocycles. The highest BCUT2D eigenvalue weighted by molar-refractivity contribution is 5.86. The lowest BCUT2D eigenvalue weighted by atomic mass is 10.1. The number of nitrogens with zero attached hydrogens (tertiary/aromatic N) is 2. The molecule has 0 unspecified atom stereocenters. The van der Waals surface area contributed by atoms with Crippen molar-refractivity contribution in [1.29, 1.82) is 0 Å². The molecule has 3 rings (SSSR count). The molecule has 0 fully saturated rings. The Bertz CT molecular complexity index is 942. The van der Waals surface area contributed by atoms with Crippen molar-refractivity contribution in [3.8, 4) is 0 Å². The average molecular weight is 481 g/mol. The maximum atomic E-state index is 4.65. The van der Waals surface area contributed by atoms with E-state index in [1.807, 2.05) is 12.4 Å². The smallest absolute Gasteiger partial charge is 0.0630 e. The minimum atomic E-state index is 1.000. The van der Waals surface area contributed by atoms with Gasteiger partial charge in [-0.05, 0) is 72.2 Å². The van der Waals surface area contributed by atoms with Crippen LogP contribution in [-0.4, -0.2) is 12.4 Å². The SMILES string of the molecule is CCCCCCCc1ccc(N=Cc2ccc(C=Nc3ccc(CCCCCCC)cc3)cc2)cc1. The summed E-state index contributed by atoms with van der Waals surface area (Å²) in [5.74, 6) is 0. The third-order valence-corrected chi connectivity index (χ3v) is 6.67. The van der Waals surface area contributed by atoms with E-state index in [9.17, 15) is 0 Å². The monoisotopic (exact) mass is 480 g/mol. The van der Waals surface area contributed by atoms with E-state index in [1.165, 1.54) is 88.2 Å². The van der Waals surface area contributed by atoms with E-state index < -0.39 is 0 Å². The third kappa shape index (κ3) is 10.7. The second kappa shape index (κ2) is 16.6. The van der Waals surface area contributed by atoms with Crippen LogP contribution in [0.2, 0.25) is 0 Å². The highest BCUT2D eigenvalue weighted by atomic mass is 14.7. The first-order valence-electron chi connectivity index (χ1n) is 14.1. The molecule has 0 saturated carbocycles. The number of hydrogen-bond acceptors (Lipinski definition) is 2. The summed E-state index contributed by atoms with van der Waals surface area (Å²) in [7, 11) is 0. The van der Waals surface area contributed by atoms with Gasteiger partial charge in [0.15, 0.2) is 0 Å². The van der Waals surface area contributed by atoms with E-state index in [0.29, 0.717) is 0 Å². The van der Waals surface area contributed by atoms with Crippen molar-refractivity contribution >= 4 is 23.8 Å². The van der Waals surface area contributed by atoms with Gasteiger partial charge in [0, 0.05) is 12.4 Å². The van der Waals surface area contributed by atoms with Gasteiger partial charge in [-0.1, -0.05) is 114 Å². The van der Waals surface area contributed by atoms with E-state index in [4.69, 9.17) is 0 Å². The summed E-state index contributed by atoms with van der Waals surface area (Å²) < 4.78 is 0. The number of aryl methyl sites for hydroxylation is 2. The van der Waals surface area contributed by atoms with Crippen LogP contribution in [0.15, 0.2) is 82.8 Å². The van der Waals surface area contributed by atoms with E-state index in [1.54, 1.807) is 0 Å². The molecule has 0 radical (unpaired) electrons. The summed E-state index contributed by atoms with van der Waals surface area (Å²) >= 11 is 0. The van der Waals surface area contributed by atoms with Crippen LogP contribution >= 0.6 is 0 Å². The molecule has 2 nitrogen and oxygen atoms in total. The highest BCUT2D eigenvalue weighted by Crippen LogP contribution is 2.17. The molecule has 0 spiro atoms. The van der Waals surface area contributed by atoms with Crippen LogP contribution in [0.3, 0.4) is 0 Å². The Kier molecular flexibility index (Phi) is 12.7. The third-order valence-electron chi connectivity index (χ3n) is 6.67. The zero-order valence-electron chi connectivity index (χ0n) is 22.5. The van der Waals surface area contributed by atoms with E-state index >= 15 is 0 Å². The summed E-state index contributed by atoms with van der Waals surface area (Å²) in [4.78, 5) is 9.29. The predicted octanol–water partition coefficient (Wildman–Crippen LogP) is 10.2. The number of rotatable bonds is 16. The van der Waals surface area contributed by atoms with Crippen molar-refractivity contribution in [3.05, 3.63) is 95.1 Å². The molecule has 190 valence electrons. The molecule has 0 aliphatic heterocycles. The van der Waals surface area contributed by atoms with Crippen LogP contribution in [0.5, 0.6) is 0 Å². The largest absolute Gasteiger partial charge is 0.256 e. The van der Waals surface area contributed by atoms with Gasteiger partial charge in [-0.3, -0.25) is 9.98 Å². The van der Waals surface area contributed by atoms with Gasteiger partial charge in [-0.2, -0.15) is 0 Å². The number of benzene rings is 3. The molecule has 0 aromatic heterocycles. The van der Waals surface area contributed by atoms with Crippen molar-refractivity contribution in [1.82, 2.24) is 0 Å². The van der Waals surface area contributed by atoms with Crippen molar-refractivity contribution < 1.29 is 0 Å². The average Bonchev–Trinajstić information content (AvgIpc) is 2.92. The molecule has 0 aliphatic rings. The van der Waals surface area contributed by atoms with Gasteiger partial charge < -0.3 is 0 Å². The Morgan fingerprint density at radius 1 is 0.444 bits per heavy atom. The highest BCUT2D eigenvalue weighted by Gasteiger charge is 1.97. The summed E-state index contributed by atoms with van der Waals surface area (Å²) in [6.07, 6.45) is 19.5. The predicted molar refractivity (Wildman–Crippen MR) is 159 cm³/mol. The van der Waals surface area contributed by atoms with Crippen LogP contribution in [-0.2, 0) is 12.8 Å². The molecule has 2 heteroatoms. The topological polar surface area (TPSA) is 24.7 Å². The molecule has 3 aromatic carbocycles. The van der Waals surface area contributed by atoms with Gasteiger partial charge in [0.05, 0.1) is 11.4 Å². The Hall–Kier alpha value is -3.00. The number of aliphatic imine (C=N–C) groups is 2. The van der Waals surface area contributed by atoms with E-state index in [2.05, 4.69) is 96.6 Å². The Balaban J connectivity index is 1.43. The lowest BCUT2D eigenvalue weighted by Gasteiger charge is -2.03. The quantitative estimate of drug-likeness (QED) is 0.144. The minimum absolute atomic E-state index is 1.000. The zero-order valence-corrected chi connectivity index (χ0v) is 22.5.